The largest absolute Gasteiger partial charge is 0.481 e. The monoisotopic (exact) mass is 202 g/mol. The third-order valence-corrected chi connectivity index (χ3v) is 3.23. The van der Waals surface area contributed by atoms with Gasteiger partial charge in [-0.25, -0.2) is 0 Å². The van der Waals surface area contributed by atoms with Crippen LogP contribution in [0.4, 0.5) is 0 Å². The Morgan fingerprint density at radius 2 is 1.77 bits per heavy atom. The van der Waals surface area contributed by atoms with Crippen molar-refractivity contribution in [3.05, 3.63) is 0 Å². The molecule has 1 aliphatic rings. The molecule has 1 rings (SSSR count). The van der Waals surface area contributed by atoms with Crippen LogP contribution < -0.4 is 0 Å². The normalized spacial score (nSPS) is 28.7. The molecule has 1 fully saturated rings. The molecule has 0 aromatic carbocycles. The van der Waals surface area contributed by atoms with E-state index in [9.17, 15) is 4.79 Å². The summed E-state index contributed by atoms with van der Waals surface area (Å²) < 4.78 is 0. The lowest BCUT2D eigenvalue weighted by Crippen LogP contribution is -2.17. The van der Waals surface area contributed by atoms with Crippen molar-refractivity contribution < 1.29 is 9.90 Å². The number of aliphatic carboxylic acids is 1. The summed E-state index contributed by atoms with van der Waals surface area (Å²) in [6.07, 6.45) is 6.18. The van der Waals surface area contributed by atoms with E-state index in [0.717, 1.165) is 24.5 Å². The minimum absolute atomic E-state index is 0.369. The summed E-state index contributed by atoms with van der Waals surface area (Å²) in [7, 11) is 0. The molecule has 1 saturated carbocycles. The van der Waals surface area contributed by atoms with Crippen LogP contribution in [0.3, 0.4) is 0 Å². The van der Waals surface area contributed by atoms with Crippen LogP contribution >= 0.6 is 12.6 Å². The van der Waals surface area contributed by atoms with Gasteiger partial charge in [0, 0.05) is 6.42 Å². The van der Waals surface area contributed by atoms with E-state index in [1.54, 1.807) is 0 Å². The van der Waals surface area contributed by atoms with E-state index >= 15 is 0 Å². The quantitative estimate of drug-likeness (QED) is 0.688. The van der Waals surface area contributed by atoms with Gasteiger partial charge in [-0.3, -0.25) is 4.79 Å². The molecule has 2 nitrogen and oxygen atoms in total. The van der Waals surface area contributed by atoms with Gasteiger partial charge in [-0.15, -0.1) is 0 Å². The number of carboxylic acids is 1. The molecule has 1 aliphatic carbocycles. The molecule has 0 amide bonds. The molecule has 3 heteroatoms. The Labute approximate surface area is 85.1 Å². The second kappa shape index (κ2) is 5.53. The van der Waals surface area contributed by atoms with Crippen LogP contribution in [0.5, 0.6) is 0 Å². The number of hydrogen-bond donors (Lipinski definition) is 2. The van der Waals surface area contributed by atoms with Gasteiger partial charge in [0.05, 0.1) is 0 Å². The number of carboxylic acid groups (broad SMARTS) is 1. The third kappa shape index (κ3) is 4.03. The van der Waals surface area contributed by atoms with Gasteiger partial charge in [0.15, 0.2) is 0 Å². The number of rotatable bonds is 4. The van der Waals surface area contributed by atoms with Crippen LogP contribution in [0.1, 0.15) is 38.5 Å². The Kier molecular flexibility index (Phi) is 4.64. The minimum Gasteiger partial charge on any atom is -0.481 e. The van der Waals surface area contributed by atoms with Gasteiger partial charge in [0.2, 0.25) is 0 Å². The Balaban J connectivity index is 2.18. The van der Waals surface area contributed by atoms with Crippen LogP contribution in [0.2, 0.25) is 0 Å². The van der Waals surface area contributed by atoms with Gasteiger partial charge in [-0.1, -0.05) is 12.8 Å². The maximum absolute atomic E-state index is 10.5. The first kappa shape index (κ1) is 10.9. The number of carbonyl (C=O) groups is 1. The lowest BCUT2D eigenvalue weighted by atomic mass is 9.79. The predicted octanol–water partition coefficient (Wildman–Crippen LogP) is 2.59. The van der Waals surface area contributed by atoms with E-state index < -0.39 is 5.97 Å². The van der Waals surface area contributed by atoms with Crippen LogP contribution in [0.15, 0.2) is 0 Å². The van der Waals surface area contributed by atoms with Crippen molar-refractivity contribution >= 4 is 18.6 Å². The molecule has 0 aromatic heterocycles. The third-order valence-electron chi connectivity index (χ3n) is 2.97. The average molecular weight is 202 g/mol. The fraction of sp³-hybridized carbons (Fsp3) is 0.900. The smallest absolute Gasteiger partial charge is 0.303 e. The van der Waals surface area contributed by atoms with Gasteiger partial charge in [0.1, 0.15) is 0 Å². The zero-order valence-corrected chi connectivity index (χ0v) is 8.80. The highest BCUT2D eigenvalue weighted by molar-refractivity contribution is 7.80. The summed E-state index contributed by atoms with van der Waals surface area (Å²) in [4.78, 5) is 10.5. The second-order valence-corrected chi connectivity index (χ2v) is 4.44. The minimum atomic E-state index is -0.641. The Morgan fingerprint density at radius 1 is 1.23 bits per heavy atom. The topological polar surface area (TPSA) is 37.3 Å². The van der Waals surface area contributed by atoms with Gasteiger partial charge in [0.25, 0.3) is 0 Å². The summed E-state index contributed by atoms with van der Waals surface area (Å²) in [5.41, 5.74) is 0. The lowest BCUT2D eigenvalue weighted by Gasteiger charge is -2.27. The lowest BCUT2D eigenvalue weighted by molar-refractivity contribution is -0.138. The number of thiol groups is 1. The summed E-state index contributed by atoms with van der Waals surface area (Å²) in [5, 5.41) is 8.62. The van der Waals surface area contributed by atoms with Crippen molar-refractivity contribution in [2.24, 2.45) is 11.8 Å². The SMILES string of the molecule is O=C(O)CC1CCC(CCS)CC1. The van der Waals surface area contributed by atoms with E-state index in [2.05, 4.69) is 12.6 Å². The van der Waals surface area contributed by atoms with Crippen molar-refractivity contribution in [1.29, 1.82) is 0 Å². The molecule has 0 spiro atoms. The summed E-state index contributed by atoms with van der Waals surface area (Å²) >= 11 is 4.21. The Hall–Kier alpha value is -0.180. The zero-order valence-electron chi connectivity index (χ0n) is 7.91. The predicted molar refractivity (Wildman–Crippen MR) is 56.2 cm³/mol. The van der Waals surface area contributed by atoms with Crippen LogP contribution in [-0.2, 0) is 4.79 Å². The Bertz CT molecular complexity index is 162. The van der Waals surface area contributed by atoms with Gasteiger partial charge >= 0.3 is 5.97 Å². The molecular weight excluding hydrogens is 184 g/mol. The van der Waals surface area contributed by atoms with Crippen LogP contribution in [0, 0.1) is 11.8 Å². The molecule has 1 N–H and O–H groups in total. The second-order valence-electron chi connectivity index (χ2n) is 4.00. The molecule has 0 saturated heterocycles. The first-order valence-electron chi connectivity index (χ1n) is 5.05. The highest BCUT2D eigenvalue weighted by atomic mass is 32.1. The summed E-state index contributed by atoms with van der Waals surface area (Å²) in [5.74, 6) is 1.57. The summed E-state index contributed by atoms with van der Waals surface area (Å²) in [6, 6.07) is 0. The summed E-state index contributed by atoms with van der Waals surface area (Å²) in [6.45, 7) is 0. The van der Waals surface area contributed by atoms with E-state index in [-0.39, 0.29) is 0 Å². The van der Waals surface area contributed by atoms with Crippen molar-refractivity contribution in [3.8, 4) is 0 Å². The molecule has 13 heavy (non-hydrogen) atoms. The van der Waals surface area contributed by atoms with Gasteiger partial charge in [-0.05, 0) is 36.9 Å². The fourth-order valence-electron chi connectivity index (χ4n) is 2.15. The molecular formula is C10H18O2S. The molecule has 0 aromatic rings. The highest BCUT2D eigenvalue weighted by Gasteiger charge is 2.22. The standard InChI is InChI=1S/C10H18O2S/c11-10(12)7-9-3-1-8(2-4-9)5-6-13/h8-9,13H,1-7H2,(H,11,12). The molecule has 0 radical (unpaired) electrons. The van der Waals surface area contributed by atoms with E-state index in [4.69, 9.17) is 5.11 Å². The van der Waals surface area contributed by atoms with Crippen molar-refractivity contribution in [3.63, 3.8) is 0 Å². The molecule has 0 unspecified atom stereocenters. The van der Waals surface area contributed by atoms with Gasteiger partial charge < -0.3 is 5.11 Å². The fourth-order valence-corrected chi connectivity index (χ4v) is 2.52. The first-order valence-corrected chi connectivity index (χ1v) is 5.68. The Morgan fingerprint density at radius 3 is 2.23 bits per heavy atom. The zero-order chi connectivity index (χ0) is 9.68. The molecule has 0 bridgehead atoms. The van der Waals surface area contributed by atoms with Crippen molar-refractivity contribution in [1.82, 2.24) is 0 Å². The van der Waals surface area contributed by atoms with Crippen molar-refractivity contribution in [2.45, 2.75) is 38.5 Å². The molecule has 0 aliphatic heterocycles. The average Bonchev–Trinajstić information content (AvgIpc) is 2.08. The van der Waals surface area contributed by atoms with E-state index in [0.29, 0.717) is 12.3 Å². The van der Waals surface area contributed by atoms with Crippen molar-refractivity contribution in [2.75, 3.05) is 5.75 Å². The first-order chi connectivity index (χ1) is 6.22. The molecule has 76 valence electrons. The van der Waals surface area contributed by atoms with Gasteiger partial charge in [-0.2, -0.15) is 12.6 Å². The highest BCUT2D eigenvalue weighted by Crippen LogP contribution is 2.32. The maximum atomic E-state index is 10.5. The van der Waals surface area contributed by atoms with Crippen LogP contribution in [0.25, 0.3) is 0 Å². The number of hydrogen-bond acceptors (Lipinski definition) is 2. The molecule has 0 heterocycles. The van der Waals surface area contributed by atoms with E-state index in [1.165, 1.54) is 19.3 Å². The van der Waals surface area contributed by atoms with Crippen LogP contribution in [-0.4, -0.2) is 16.8 Å². The van der Waals surface area contributed by atoms with E-state index in [1.807, 2.05) is 0 Å². The molecule has 0 atom stereocenters. The maximum Gasteiger partial charge on any atom is 0.303 e.